The maximum atomic E-state index is 11.9. The first-order valence-corrected chi connectivity index (χ1v) is 12.9. The zero-order valence-electron chi connectivity index (χ0n) is 18.1. The topological polar surface area (TPSA) is 78.0 Å². The highest BCUT2D eigenvalue weighted by atomic mass is 127. The Morgan fingerprint density at radius 1 is 1.06 bits per heavy atom. The van der Waals surface area contributed by atoms with Gasteiger partial charge in [-0.05, 0) is 75.3 Å². The second kappa shape index (κ2) is 11.3. The molecule has 7 nitrogen and oxygen atoms in total. The second-order valence-corrected chi connectivity index (χ2v) is 10.1. The third-order valence-corrected chi connectivity index (χ3v) is 7.69. The van der Waals surface area contributed by atoms with Gasteiger partial charge < -0.3 is 25.6 Å². The molecule has 168 valence electrons. The number of aliphatic imine (C=N–C) groups is 1. The average Bonchev–Trinajstić information content (AvgIpc) is 2.84. The van der Waals surface area contributed by atoms with Gasteiger partial charge in [0.05, 0.1) is 19.8 Å². The number of hydrogen-bond acceptors (Lipinski definition) is 6. The number of amides is 1. The summed E-state index contributed by atoms with van der Waals surface area (Å²) in [5.74, 6) is -0.0319. The Labute approximate surface area is 198 Å². The molecular formula is C24H28IN5O2. The van der Waals surface area contributed by atoms with E-state index in [1.54, 1.807) is 0 Å². The van der Waals surface area contributed by atoms with E-state index >= 15 is 0 Å². The lowest BCUT2D eigenvalue weighted by atomic mass is 10.2. The molecule has 2 aromatic rings. The Hall–Kier alpha value is -2.56. The van der Waals surface area contributed by atoms with Crippen LogP contribution in [-0.2, 0) is 9.53 Å². The molecule has 1 fully saturated rings. The number of morpholine rings is 1. The molecule has 0 radical (unpaired) electrons. The summed E-state index contributed by atoms with van der Waals surface area (Å²) in [6, 6.07) is 16.5. The van der Waals surface area contributed by atoms with Gasteiger partial charge in [-0.1, -0.05) is 19.1 Å². The van der Waals surface area contributed by atoms with Crippen LogP contribution in [0, 0.1) is 0 Å². The first-order chi connectivity index (χ1) is 15.7. The molecule has 1 saturated heterocycles. The van der Waals surface area contributed by atoms with E-state index in [-0.39, 0.29) is 5.91 Å². The molecule has 1 amide bonds. The van der Waals surface area contributed by atoms with Crippen LogP contribution in [0.5, 0.6) is 0 Å². The van der Waals surface area contributed by atoms with Gasteiger partial charge in [0.15, 0.2) is 3.76 Å². The predicted octanol–water partition coefficient (Wildman–Crippen LogP) is 3.67. The fourth-order valence-corrected chi connectivity index (χ4v) is 5.69. The highest BCUT2D eigenvalue weighted by molar-refractivity contribution is 14.2. The van der Waals surface area contributed by atoms with E-state index in [4.69, 9.17) is 4.74 Å². The number of carbonyl (C=O) groups is 1. The number of nitrogens with one attached hydrogen (secondary N) is 3. The number of hydrogen-bond donors (Lipinski definition) is 3. The predicted molar refractivity (Wildman–Crippen MR) is 142 cm³/mol. The van der Waals surface area contributed by atoms with Gasteiger partial charge in [0.1, 0.15) is 0 Å². The number of allylic oxidation sites excluding steroid dienone is 1. The number of ether oxygens (including phenoxy) is 1. The van der Waals surface area contributed by atoms with Crippen molar-refractivity contribution >= 4 is 57.3 Å². The van der Waals surface area contributed by atoms with E-state index in [1.165, 1.54) is 9.27 Å². The lowest BCUT2D eigenvalue weighted by Crippen LogP contribution is -2.36. The first-order valence-electron chi connectivity index (χ1n) is 10.8. The molecule has 32 heavy (non-hydrogen) atoms. The van der Waals surface area contributed by atoms with Crippen molar-refractivity contribution < 1.29 is 9.53 Å². The maximum absolute atomic E-state index is 11.9. The molecule has 4 rings (SSSR count). The summed E-state index contributed by atoms with van der Waals surface area (Å²) in [5, 5.41) is 9.43. The smallest absolute Gasteiger partial charge is 0.238 e. The highest BCUT2D eigenvalue weighted by Gasteiger charge is 2.11. The van der Waals surface area contributed by atoms with Crippen LogP contribution in [0.15, 0.2) is 59.6 Å². The van der Waals surface area contributed by atoms with Crippen molar-refractivity contribution in [3.05, 3.63) is 60.2 Å². The van der Waals surface area contributed by atoms with Gasteiger partial charge in [0.2, 0.25) is 5.91 Å². The lowest BCUT2D eigenvalue weighted by molar-refractivity contribution is -0.115. The van der Waals surface area contributed by atoms with Crippen molar-refractivity contribution in [2.24, 2.45) is 4.99 Å². The van der Waals surface area contributed by atoms with Gasteiger partial charge in [-0.3, -0.25) is 4.79 Å². The number of anilines is 3. The van der Waals surface area contributed by atoms with Crippen LogP contribution in [0.2, 0.25) is 0 Å². The third-order valence-electron chi connectivity index (χ3n) is 5.07. The van der Waals surface area contributed by atoms with E-state index in [2.05, 4.69) is 68.3 Å². The monoisotopic (exact) mass is 545 g/mol. The summed E-state index contributed by atoms with van der Waals surface area (Å²) in [5.41, 5.74) is 4.25. The summed E-state index contributed by atoms with van der Waals surface area (Å²) in [4.78, 5) is 18.8. The standard InChI is InChI=1S/C24H28IN5O2/c1-2-26-17-23(31)28-19-5-3-18(4-6-19)22-11-12-27-24(25-22)29-20-7-9-21(10-8-20)30-13-15-32-16-14-30/h3-12,26H,2,13-17H2,1H3,(H,27,29)(H,28,31). The Kier molecular flexibility index (Phi) is 8.02. The fraction of sp³-hybridized carbons (Fsp3) is 0.292. The Morgan fingerprint density at radius 3 is 2.50 bits per heavy atom. The molecule has 2 aliphatic heterocycles. The number of halogens is 1. The number of likely N-dealkylation sites (N-methyl/N-ethyl adjacent to an activating group) is 1. The zero-order valence-corrected chi connectivity index (χ0v) is 20.3. The van der Waals surface area contributed by atoms with Crippen LogP contribution < -0.4 is 20.9 Å². The number of nitrogens with zero attached hydrogens (tertiary/aromatic N) is 2. The first kappa shape index (κ1) is 22.6. The Balaban J connectivity index is 1.37. The minimum atomic E-state index is -0.433. The Bertz CT molecular complexity index is 1010. The van der Waals surface area contributed by atoms with Crippen molar-refractivity contribution in [3.8, 4) is 0 Å². The maximum Gasteiger partial charge on any atom is 0.238 e. The van der Waals surface area contributed by atoms with E-state index < -0.39 is 20.7 Å². The van der Waals surface area contributed by atoms with Gasteiger partial charge >= 0.3 is 0 Å². The highest BCUT2D eigenvalue weighted by Crippen LogP contribution is 2.31. The molecule has 3 N–H and O–H groups in total. The van der Waals surface area contributed by atoms with Crippen LogP contribution in [0.1, 0.15) is 12.5 Å². The molecule has 0 aliphatic carbocycles. The van der Waals surface area contributed by atoms with Gasteiger partial charge in [0, 0.05) is 39.9 Å². The van der Waals surface area contributed by atoms with Gasteiger partial charge in [-0.25, -0.2) is 4.99 Å². The van der Waals surface area contributed by atoms with Crippen molar-refractivity contribution in [3.63, 3.8) is 0 Å². The van der Waals surface area contributed by atoms with E-state index in [0.29, 0.717) is 6.54 Å². The van der Waals surface area contributed by atoms with Crippen molar-refractivity contribution in [1.82, 2.24) is 5.32 Å². The summed E-state index contributed by atoms with van der Waals surface area (Å²) < 4.78 is 7.74. The number of carbonyl (C=O) groups excluding carboxylic acids is 1. The Morgan fingerprint density at radius 2 is 1.78 bits per heavy atom. The summed E-state index contributed by atoms with van der Waals surface area (Å²) in [6.45, 7) is 6.52. The van der Waals surface area contributed by atoms with Gasteiger partial charge in [-0.2, -0.15) is 0 Å². The molecule has 0 saturated carbocycles. The fourth-order valence-electron chi connectivity index (χ4n) is 3.38. The van der Waals surface area contributed by atoms with Crippen LogP contribution in [0.3, 0.4) is 0 Å². The van der Waals surface area contributed by atoms with E-state index in [9.17, 15) is 4.79 Å². The van der Waals surface area contributed by atoms with Gasteiger partial charge in [0.25, 0.3) is 0 Å². The molecule has 2 aromatic carbocycles. The summed E-state index contributed by atoms with van der Waals surface area (Å²) in [6.07, 6.45) is 3.94. The molecular weight excluding hydrogens is 517 g/mol. The molecule has 2 aliphatic rings. The molecule has 0 spiro atoms. The van der Waals surface area contributed by atoms with Crippen LogP contribution in [0.4, 0.5) is 17.1 Å². The minimum absolute atomic E-state index is 0.0319. The van der Waals surface area contributed by atoms with E-state index in [0.717, 1.165) is 53.5 Å². The average molecular weight is 545 g/mol. The van der Waals surface area contributed by atoms with Crippen molar-refractivity contribution in [2.45, 2.75) is 6.92 Å². The van der Waals surface area contributed by atoms with Crippen LogP contribution in [-0.4, -0.2) is 55.3 Å². The summed E-state index contributed by atoms with van der Waals surface area (Å²) in [7, 11) is 0. The molecule has 8 heteroatoms. The SMILES string of the molecule is CCNCC(=O)Nc1ccc(C2=CC=NC(Nc3ccc(N4CCOCC4)cc3)=I2)cc1. The second-order valence-electron chi connectivity index (χ2n) is 7.36. The molecule has 2 heterocycles. The molecule has 0 aromatic heterocycles. The quantitative estimate of drug-likeness (QED) is 0.442. The van der Waals surface area contributed by atoms with Crippen molar-refractivity contribution in [1.29, 1.82) is 0 Å². The lowest BCUT2D eigenvalue weighted by Gasteiger charge is -2.28. The third kappa shape index (κ3) is 6.24. The molecule has 0 atom stereocenters. The van der Waals surface area contributed by atoms with Crippen LogP contribution in [0.25, 0.3) is 3.58 Å². The normalized spacial score (nSPS) is 16.0. The zero-order chi connectivity index (χ0) is 22.2. The van der Waals surface area contributed by atoms with Crippen LogP contribution >= 0.6 is 20.7 Å². The largest absolute Gasteiger partial charge is 0.378 e. The van der Waals surface area contributed by atoms with Crippen molar-refractivity contribution in [2.75, 3.05) is 54.9 Å². The molecule has 0 unspecified atom stereocenters. The van der Waals surface area contributed by atoms with Gasteiger partial charge in [-0.15, -0.1) is 0 Å². The number of benzene rings is 2. The number of rotatable bonds is 8. The molecule has 0 bridgehead atoms. The van der Waals surface area contributed by atoms with E-state index in [1.807, 2.05) is 25.3 Å². The minimum Gasteiger partial charge on any atom is -0.378 e. The summed E-state index contributed by atoms with van der Waals surface area (Å²) >= 11 is -0.433.